The van der Waals surface area contributed by atoms with Crippen LogP contribution in [-0.4, -0.2) is 47.9 Å². The molecule has 19 heavy (non-hydrogen) atoms. The van der Waals surface area contributed by atoms with Gasteiger partial charge in [0.1, 0.15) is 0 Å². The maximum absolute atomic E-state index is 12.6. The molecular weight excluding hydrogens is 256 g/mol. The van der Waals surface area contributed by atoms with E-state index < -0.39 is 0 Å². The van der Waals surface area contributed by atoms with E-state index in [1.165, 1.54) is 0 Å². The highest BCUT2D eigenvalue weighted by atomic mass is 32.1. The van der Waals surface area contributed by atoms with E-state index in [0.29, 0.717) is 0 Å². The van der Waals surface area contributed by atoms with Crippen LogP contribution in [0.15, 0.2) is 23.1 Å². The summed E-state index contributed by atoms with van der Waals surface area (Å²) < 4.78 is 0. The Labute approximate surface area is 121 Å². The number of piperazine rings is 1. The summed E-state index contributed by atoms with van der Waals surface area (Å²) in [6.45, 7) is 8.79. The Bertz CT molecular complexity index is 499. The van der Waals surface area contributed by atoms with Crippen molar-refractivity contribution in [1.82, 2.24) is 9.80 Å². The zero-order valence-electron chi connectivity index (χ0n) is 12.1. The van der Waals surface area contributed by atoms with Gasteiger partial charge in [-0.1, -0.05) is 6.07 Å². The molecule has 0 radical (unpaired) electrons. The van der Waals surface area contributed by atoms with E-state index in [9.17, 15) is 4.79 Å². The molecule has 0 unspecified atom stereocenters. The van der Waals surface area contributed by atoms with Gasteiger partial charge in [0.05, 0.1) is 0 Å². The number of hydrogen-bond acceptors (Lipinski definition) is 3. The molecular formula is C15H22N2OS. The Balaban J connectivity index is 2.23. The fraction of sp³-hybridized carbons (Fsp3) is 0.533. The van der Waals surface area contributed by atoms with E-state index >= 15 is 0 Å². The SMILES string of the molecule is Cc1ccc(S)cc1C(=O)N1CCN(C)C(C)(C)C1. The number of likely N-dealkylation sites (N-methyl/N-ethyl adjacent to an activating group) is 1. The number of thiol groups is 1. The summed E-state index contributed by atoms with van der Waals surface area (Å²) in [5.41, 5.74) is 1.81. The average molecular weight is 278 g/mol. The fourth-order valence-corrected chi connectivity index (χ4v) is 2.63. The summed E-state index contributed by atoms with van der Waals surface area (Å²) >= 11 is 4.33. The van der Waals surface area contributed by atoms with Gasteiger partial charge in [0.15, 0.2) is 0 Å². The lowest BCUT2D eigenvalue weighted by molar-refractivity contribution is 0.0310. The third-order valence-corrected chi connectivity index (χ3v) is 4.33. The molecule has 1 aliphatic heterocycles. The molecule has 1 aromatic rings. The van der Waals surface area contributed by atoms with Crippen molar-refractivity contribution in [1.29, 1.82) is 0 Å². The second kappa shape index (κ2) is 5.17. The summed E-state index contributed by atoms with van der Waals surface area (Å²) in [7, 11) is 2.11. The molecule has 104 valence electrons. The molecule has 0 spiro atoms. The smallest absolute Gasteiger partial charge is 0.254 e. The second-order valence-corrected chi connectivity index (χ2v) is 6.48. The first-order valence-corrected chi connectivity index (χ1v) is 7.06. The van der Waals surface area contributed by atoms with Gasteiger partial charge in [-0.25, -0.2) is 0 Å². The van der Waals surface area contributed by atoms with Crippen LogP contribution in [0.3, 0.4) is 0 Å². The number of aryl methyl sites for hydroxylation is 1. The Morgan fingerprint density at radius 1 is 1.32 bits per heavy atom. The van der Waals surface area contributed by atoms with E-state index in [-0.39, 0.29) is 11.4 Å². The highest BCUT2D eigenvalue weighted by Crippen LogP contribution is 2.22. The Morgan fingerprint density at radius 2 is 2.00 bits per heavy atom. The van der Waals surface area contributed by atoms with Gasteiger partial charge in [-0.15, -0.1) is 12.6 Å². The zero-order chi connectivity index (χ0) is 14.2. The third kappa shape index (κ3) is 2.95. The van der Waals surface area contributed by atoms with Gasteiger partial charge in [-0.3, -0.25) is 9.69 Å². The van der Waals surface area contributed by atoms with E-state index in [4.69, 9.17) is 0 Å². The van der Waals surface area contributed by atoms with E-state index in [0.717, 1.165) is 35.7 Å². The standard InChI is InChI=1S/C15H22N2OS/c1-11-5-6-12(19)9-13(11)14(18)17-8-7-16(4)15(2,3)10-17/h5-6,9,19H,7-8,10H2,1-4H3. The van der Waals surface area contributed by atoms with Crippen molar-refractivity contribution in [3.8, 4) is 0 Å². The maximum atomic E-state index is 12.6. The van der Waals surface area contributed by atoms with Crippen LogP contribution in [0, 0.1) is 6.92 Å². The predicted molar refractivity (Wildman–Crippen MR) is 81.0 cm³/mol. The summed E-state index contributed by atoms with van der Waals surface area (Å²) in [4.78, 5) is 17.7. The largest absolute Gasteiger partial charge is 0.336 e. The monoisotopic (exact) mass is 278 g/mol. The Morgan fingerprint density at radius 3 is 2.63 bits per heavy atom. The first-order valence-electron chi connectivity index (χ1n) is 6.61. The number of carbonyl (C=O) groups excluding carboxylic acids is 1. The van der Waals surface area contributed by atoms with E-state index in [1.807, 2.05) is 30.0 Å². The number of hydrogen-bond donors (Lipinski definition) is 1. The van der Waals surface area contributed by atoms with Crippen molar-refractivity contribution in [2.45, 2.75) is 31.2 Å². The fourth-order valence-electron chi connectivity index (χ4n) is 2.42. The van der Waals surface area contributed by atoms with Crippen molar-refractivity contribution in [3.05, 3.63) is 29.3 Å². The van der Waals surface area contributed by atoms with Crippen LogP contribution in [0.2, 0.25) is 0 Å². The number of benzene rings is 1. The molecule has 0 aromatic heterocycles. The Kier molecular flexibility index (Phi) is 3.92. The predicted octanol–water partition coefficient (Wildman–Crippen LogP) is 2.45. The van der Waals surface area contributed by atoms with Gasteiger partial charge in [-0.2, -0.15) is 0 Å². The van der Waals surface area contributed by atoms with Gasteiger partial charge in [0.25, 0.3) is 5.91 Å². The van der Waals surface area contributed by atoms with Crippen molar-refractivity contribution < 1.29 is 4.79 Å². The lowest BCUT2D eigenvalue weighted by atomic mass is 9.98. The van der Waals surface area contributed by atoms with Crippen LogP contribution in [-0.2, 0) is 0 Å². The number of rotatable bonds is 1. The van der Waals surface area contributed by atoms with Crippen LogP contribution >= 0.6 is 12.6 Å². The highest BCUT2D eigenvalue weighted by Gasteiger charge is 2.33. The van der Waals surface area contributed by atoms with E-state index in [2.05, 4.69) is 38.4 Å². The number of carbonyl (C=O) groups is 1. The van der Waals surface area contributed by atoms with Crippen LogP contribution in [0.4, 0.5) is 0 Å². The molecule has 0 saturated carbocycles. The lowest BCUT2D eigenvalue weighted by Crippen LogP contribution is -2.58. The summed E-state index contributed by atoms with van der Waals surface area (Å²) in [6.07, 6.45) is 0. The maximum Gasteiger partial charge on any atom is 0.254 e. The molecule has 2 rings (SSSR count). The molecule has 0 aliphatic carbocycles. The molecule has 1 amide bonds. The molecule has 0 N–H and O–H groups in total. The minimum atomic E-state index is 0.0282. The van der Waals surface area contributed by atoms with Gasteiger partial charge in [0.2, 0.25) is 0 Å². The van der Waals surface area contributed by atoms with Crippen LogP contribution in [0.25, 0.3) is 0 Å². The first kappa shape index (κ1) is 14.4. The quantitative estimate of drug-likeness (QED) is 0.798. The van der Waals surface area contributed by atoms with Crippen molar-refractivity contribution in [2.24, 2.45) is 0 Å². The Hall–Kier alpha value is -1.00. The van der Waals surface area contributed by atoms with Gasteiger partial charge < -0.3 is 4.90 Å². The third-order valence-electron chi connectivity index (χ3n) is 4.06. The van der Waals surface area contributed by atoms with Crippen LogP contribution in [0.1, 0.15) is 29.8 Å². The molecule has 1 aromatic carbocycles. The van der Waals surface area contributed by atoms with Gasteiger partial charge in [-0.05, 0) is 45.5 Å². The van der Waals surface area contributed by atoms with Crippen molar-refractivity contribution in [2.75, 3.05) is 26.7 Å². The molecule has 1 heterocycles. The molecule has 0 bridgehead atoms. The molecule has 1 fully saturated rings. The summed E-state index contributed by atoms with van der Waals surface area (Å²) in [5, 5.41) is 0. The first-order chi connectivity index (χ1) is 8.81. The highest BCUT2D eigenvalue weighted by molar-refractivity contribution is 7.80. The average Bonchev–Trinajstić information content (AvgIpc) is 2.35. The molecule has 3 nitrogen and oxygen atoms in total. The van der Waals surface area contributed by atoms with Gasteiger partial charge >= 0.3 is 0 Å². The lowest BCUT2D eigenvalue weighted by Gasteiger charge is -2.45. The minimum absolute atomic E-state index is 0.0282. The molecule has 1 aliphatic rings. The summed E-state index contributed by atoms with van der Waals surface area (Å²) in [5.74, 6) is 0.120. The topological polar surface area (TPSA) is 23.6 Å². The minimum Gasteiger partial charge on any atom is -0.336 e. The number of amides is 1. The van der Waals surface area contributed by atoms with Gasteiger partial charge in [0, 0.05) is 35.6 Å². The van der Waals surface area contributed by atoms with Crippen molar-refractivity contribution >= 4 is 18.5 Å². The van der Waals surface area contributed by atoms with E-state index in [1.54, 1.807) is 0 Å². The normalized spacial score (nSPS) is 19.5. The molecule has 4 heteroatoms. The molecule has 1 saturated heterocycles. The van der Waals surface area contributed by atoms with Crippen molar-refractivity contribution in [3.63, 3.8) is 0 Å². The second-order valence-electron chi connectivity index (χ2n) is 5.96. The molecule has 0 atom stereocenters. The van der Waals surface area contributed by atoms with Crippen LogP contribution < -0.4 is 0 Å². The summed E-state index contributed by atoms with van der Waals surface area (Å²) in [6, 6.07) is 5.74. The number of nitrogens with zero attached hydrogens (tertiary/aromatic N) is 2. The zero-order valence-corrected chi connectivity index (χ0v) is 13.0. The van der Waals surface area contributed by atoms with Crippen LogP contribution in [0.5, 0.6) is 0 Å².